The molecule has 1 fully saturated rings. The van der Waals surface area contributed by atoms with E-state index in [0.29, 0.717) is 6.54 Å². The fourth-order valence-corrected chi connectivity index (χ4v) is 3.71. The van der Waals surface area contributed by atoms with Gasteiger partial charge in [0.05, 0.1) is 11.4 Å². The van der Waals surface area contributed by atoms with Crippen molar-refractivity contribution in [3.05, 3.63) is 21.4 Å². The highest BCUT2D eigenvalue weighted by Crippen LogP contribution is 2.22. The molecule has 0 bridgehead atoms. The summed E-state index contributed by atoms with van der Waals surface area (Å²) in [7, 11) is 0. The maximum atomic E-state index is 12.3. The molecule has 3 N–H and O–H groups in total. The molecule has 1 aliphatic rings. The van der Waals surface area contributed by atoms with Crippen LogP contribution in [0.1, 0.15) is 39.9 Å². The van der Waals surface area contributed by atoms with Gasteiger partial charge >= 0.3 is 0 Å². The van der Waals surface area contributed by atoms with Gasteiger partial charge in [-0.05, 0) is 37.8 Å². The van der Waals surface area contributed by atoms with Crippen LogP contribution in [0.2, 0.25) is 0 Å². The maximum absolute atomic E-state index is 12.3. The SMILES string of the molecule is CCc1cc(C(=O)NC2CCN(CC(N)=O)CC2)sc1C. The zero-order valence-electron chi connectivity index (χ0n) is 12.6. The van der Waals surface area contributed by atoms with Crippen LogP contribution >= 0.6 is 11.3 Å². The van der Waals surface area contributed by atoms with Crippen LogP contribution in [0.5, 0.6) is 0 Å². The van der Waals surface area contributed by atoms with Crippen LogP contribution in [0.25, 0.3) is 0 Å². The summed E-state index contributed by atoms with van der Waals surface area (Å²) in [6.07, 6.45) is 2.69. The number of nitrogens with two attached hydrogens (primary N) is 1. The van der Waals surface area contributed by atoms with Crippen molar-refractivity contribution in [2.75, 3.05) is 19.6 Å². The van der Waals surface area contributed by atoms with E-state index >= 15 is 0 Å². The Morgan fingerprint density at radius 1 is 1.43 bits per heavy atom. The molecule has 1 aliphatic heterocycles. The lowest BCUT2D eigenvalue weighted by atomic mass is 10.0. The summed E-state index contributed by atoms with van der Waals surface area (Å²) in [4.78, 5) is 27.2. The number of amides is 2. The van der Waals surface area contributed by atoms with Crippen LogP contribution in [0.3, 0.4) is 0 Å². The molecule has 0 atom stereocenters. The number of hydrogen-bond acceptors (Lipinski definition) is 4. The predicted octanol–water partition coefficient (Wildman–Crippen LogP) is 1.30. The third-order valence-corrected chi connectivity index (χ3v) is 5.02. The Morgan fingerprint density at radius 3 is 2.62 bits per heavy atom. The molecule has 21 heavy (non-hydrogen) atoms. The Labute approximate surface area is 129 Å². The molecule has 1 aromatic heterocycles. The highest BCUT2D eigenvalue weighted by Gasteiger charge is 2.22. The number of hydrogen-bond donors (Lipinski definition) is 2. The molecule has 1 saturated heterocycles. The molecule has 0 unspecified atom stereocenters. The lowest BCUT2D eigenvalue weighted by Crippen LogP contribution is -2.46. The van der Waals surface area contributed by atoms with Gasteiger partial charge in [0.25, 0.3) is 5.91 Å². The van der Waals surface area contributed by atoms with E-state index < -0.39 is 0 Å². The number of thiophene rings is 1. The van der Waals surface area contributed by atoms with Crippen molar-refractivity contribution in [1.29, 1.82) is 0 Å². The van der Waals surface area contributed by atoms with Gasteiger partial charge in [0.2, 0.25) is 5.91 Å². The number of rotatable bonds is 5. The van der Waals surface area contributed by atoms with E-state index in [9.17, 15) is 9.59 Å². The van der Waals surface area contributed by atoms with Crippen molar-refractivity contribution in [1.82, 2.24) is 10.2 Å². The predicted molar refractivity (Wildman–Crippen MR) is 84.6 cm³/mol. The molecule has 0 aromatic carbocycles. The average molecular weight is 309 g/mol. The fourth-order valence-electron chi connectivity index (χ4n) is 2.70. The van der Waals surface area contributed by atoms with E-state index in [1.165, 1.54) is 10.4 Å². The minimum Gasteiger partial charge on any atom is -0.369 e. The van der Waals surface area contributed by atoms with Gasteiger partial charge in [-0.1, -0.05) is 6.92 Å². The number of carbonyl (C=O) groups excluding carboxylic acids is 2. The van der Waals surface area contributed by atoms with E-state index in [4.69, 9.17) is 5.73 Å². The molecule has 0 radical (unpaired) electrons. The quantitative estimate of drug-likeness (QED) is 0.861. The van der Waals surface area contributed by atoms with Gasteiger partial charge in [0.1, 0.15) is 0 Å². The molecular weight excluding hydrogens is 286 g/mol. The first-order valence-electron chi connectivity index (χ1n) is 7.40. The molecule has 116 valence electrons. The Kier molecular flexibility index (Phi) is 5.36. The summed E-state index contributed by atoms with van der Waals surface area (Å²) < 4.78 is 0. The van der Waals surface area contributed by atoms with Crippen molar-refractivity contribution in [2.24, 2.45) is 5.73 Å². The van der Waals surface area contributed by atoms with E-state index in [1.807, 2.05) is 11.0 Å². The monoisotopic (exact) mass is 309 g/mol. The summed E-state index contributed by atoms with van der Waals surface area (Å²) in [5, 5.41) is 3.10. The second kappa shape index (κ2) is 7.04. The standard InChI is InChI=1S/C15H23N3O2S/c1-3-11-8-13(21-10(11)2)15(20)17-12-4-6-18(7-5-12)9-14(16)19/h8,12H,3-7,9H2,1-2H3,(H2,16,19)(H,17,20). The normalized spacial score (nSPS) is 16.9. The first-order chi connectivity index (χ1) is 9.99. The van der Waals surface area contributed by atoms with Crippen LogP contribution in [-0.4, -0.2) is 42.4 Å². The van der Waals surface area contributed by atoms with Crippen LogP contribution in [0, 0.1) is 6.92 Å². The van der Waals surface area contributed by atoms with Crippen LogP contribution in [0.4, 0.5) is 0 Å². The smallest absolute Gasteiger partial charge is 0.261 e. The van der Waals surface area contributed by atoms with Crippen molar-refractivity contribution in [3.63, 3.8) is 0 Å². The topological polar surface area (TPSA) is 75.4 Å². The van der Waals surface area contributed by atoms with Gasteiger partial charge in [-0.3, -0.25) is 14.5 Å². The molecule has 2 amide bonds. The third kappa shape index (κ3) is 4.28. The van der Waals surface area contributed by atoms with E-state index in [1.54, 1.807) is 11.3 Å². The Hall–Kier alpha value is -1.40. The summed E-state index contributed by atoms with van der Waals surface area (Å²) >= 11 is 1.56. The molecule has 2 heterocycles. The minimum absolute atomic E-state index is 0.0242. The zero-order chi connectivity index (χ0) is 15.4. The summed E-state index contributed by atoms with van der Waals surface area (Å²) in [6, 6.07) is 2.19. The van der Waals surface area contributed by atoms with E-state index in [0.717, 1.165) is 37.2 Å². The number of nitrogens with zero attached hydrogens (tertiary/aromatic N) is 1. The molecule has 1 aromatic rings. The molecule has 6 heteroatoms. The molecule has 0 spiro atoms. The van der Waals surface area contributed by atoms with Crippen LogP contribution in [0.15, 0.2) is 6.07 Å². The zero-order valence-corrected chi connectivity index (χ0v) is 13.5. The minimum atomic E-state index is -0.293. The number of carbonyl (C=O) groups is 2. The number of aryl methyl sites for hydroxylation is 2. The molecular formula is C15H23N3O2S. The first-order valence-corrected chi connectivity index (χ1v) is 8.22. The van der Waals surface area contributed by atoms with Gasteiger partial charge in [-0.25, -0.2) is 0 Å². The second-order valence-electron chi connectivity index (χ2n) is 5.54. The van der Waals surface area contributed by atoms with E-state index in [-0.39, 0.29) is 17.9 Å². The Morgan fingerprint density at radius 2 is 2.10 bits per heavy atom. The Balaban J connectivity index is 1.85. The molecule has 0 aliphatic carbocycles. The fraction of sp³-hybridized carbons (Fsp3) is 0.600. The van der Waals surface area contributed by atoms with Gasteiger partial charge in [-0.2, -0.15) is 0 Å². The van der Waals surface area contributed by atoms with Crippen molar-refractivity contribution >= 4 is 23.2 Å². The van der Waals surface area contributed by atoms with Crippen LogP contribution in [-0.2, 0) is 11.2 Å². The van der Waals surface area contributed by atoms with Gasteiger partial charge < -0.3 is 11.1 Å². The van der Waals surface area contributed by atoms with Gasteiger partial charge in [-0.15, -0.1) is 11.3 Å². The third-order valence-electron chi connectivity index (χ3n) is 3.93. The van der Waals surface area contributed by atoms with Gasteiger partial charge in [0.15, 0.2) is 0 Å². The Bertz CT molecular complexity index is 519. The van der Waals surface area contributed by atoms with Crippen molar-refractivity contribution in [3.8, 4) is 0 Å². The molecule has 2 rings (SSSR count). The highest BCUT2D eigenvalue weighted by atomic mass is 32.1. The molecule has 5 nitrogen and oxygen atoms in total. The van der Waals surface area contributed by atoms with E-state index in [2.05, 4.69) is 19.2 Å². The summed E-state index contributed by atoms with van der Waals surface area (Å²) in [6.45, 7) is 6.08. The highest BCUT2D eigenvalue weighted by molar-refractivity contribution is 7.14. The van der Waals surface area contributed by atoms with Crippen LogP contribution < -0.4 is 11.1 Å². The number of nitrogens with one attached hydrogen (secondary N) is 1. The average Bonchev–Trinajstić information content (AvgIpc) is 2.82. The number of piperidine rings is 1. The lowest BCUT2D eigenvalue weighted by Gasteiger charge is -2.31. The summed E-state index contributed by atoms with van der Waals surface area (Å²) in [5.74, 6) is -0.269. The number of likely N-dealkylation sites (tertiary alicyclic amines) is 1. The second-order valence-corrected chi connectivity index (χ2v) is 6.79. The summed E-state index contributed by atoms with van der Waals surface area (Å²) in [5.41, 5.74) is 6.45. The lowest BCUT2D eigenvalue weighted by molar-refractivity contribution is -0.119. The van der Waals surface area contributed by atoms with Crippen molar-refractivity contribution < 1.29 is 9.59 Å². The first kappa shape index (κ1) is 16.0. The number of primary amides is 1. The van der Waals surface area contributed by atoms with Crippen molar-refractivity contribution in [2.45, 2.75) is 39.2 Å². The largest absolute Gasteiger partial charge is 0.369 e. The maximum Gasteiger partial charge on any atom is 0.261 e. The van der Waals surface area contributed by atoms with Gasteiger partial charge in [0, 0.05) is 24.0 Å². The molecule has 0 saturated carbocycles.